The van der Waals surface area contributed by atoms with Crippen molar-refractivity contribution >= 4 is 23.9 Å². The molecule has 0 aromatic rings. The topological polar surface area (TPSA) is 175 Å². The first-order valence-corrected chi connectivity index (χ1v) is 28.9. The van der Waals surface area contributed by atoms with Gasteiger partial charge in [-0.2, -0.15) is 0 Å². The summed E-state index contributed by atoms with van der Waals surface area (Å²) >= 11 is 0. The molecule has 1 fully saturated rings. The second-order valence-corrected chi connectivity index (χ2v) is 19.5. The number of carbonyl (C=O) groups is 4. The van der Waals surface area contributed by atoms with Gasteiger partial charge in [0.2, 0.25) is 0 Å². The number of hydrogen-bond donors (Lipinski definition) is 3. The molecule has 3 N–H and O–H groups in total. The molecule has 0 spiro atoms. The summed E-state index contributed by atoms with van der Waals surface area (Å²) in [6, 6.07) is 0. The van der Waals surface area contributed by atoms with Gasteiger partial charge in [0.15, 0.2) is 24.6 Å². The van der Waals surface area contributed by atoms with E-state index in [0.717, 1.165) is 116 Å². The summed E-state index contributed by atoms with van der Waals surface area (Å²) in [6.45, 7) is 5.74. The number of carboxylic acid groups (broad SMARTS) is 1. The molecule has 1 saturated heterocycles. The third-order valence-electron chi connectivity index (χ3n) is 12.8. The monoisotopic (exact) mass is 1030 g/mol. The van der Waals surface area contributed by atoms with Gasteiger partial charge in [0.1, 0.15) is 18.8 Å². The fourth-order valence-electron chi connectivity index (χ4n) is 8.40. The van der Waals surface area contributed by atoms with Crippen molar-refractivity contribution in [2.45, 2.75) is 276 Å². The van der Waals surface area contributed by atoms with Crippen molar-refractivity contribution in [3.63, 3.8) is 0 Å². The lowest BCUT2D eigenvalue weighted by Crippen LogP contribution is -2.61. The number of aliphatic hydroxyl groups is 2. The normalized spacial score (nSPS) is 18.8. The molecular formula is C61H102O12. The molecule has 418 valence electrons. The maximum atomic E-state index is 13.1. The lowest BCUT2D eigenvalue weighted by atomic mass is 9.98. The van der Waals surface area contributed by atoms with Crippen LogP contribution in [0.4, 0.5) is 0 Å². The van der Waals surface area contributed by atoms with Crippen LogP contribution in [0.3, 0.4) is 0 Å². The standard InChI is InChI=1S/C61H102O12/c1-4-7-10-13-16-19-22-25-26-27-28-31-32-35-38-41-44-47-53(62)69-50-52(71-54(63)48-45-42-39-36-33-29-23-20-17-14-11-8-5-2)51-70-61-59(57(66)56(65)58(73-61)60(67)68)72-55(64)49-46-43-40-37-34-30-24-21-18-15-12-9-6-3/h7,9-10,12,16,18-19,21,25-26,30,34,52,56-59,61,65-66H,4-6,8,11,13-15,17,20,22-24,27-29,31-33,35-51H2,1-3H3,(H,67,68)/b10-7-,12-9-,19-16-,21-18-,26-25-,34-30-. The highest BCUT2D eigenvalue weighted by Crippen LogP contribution is 2.26. The van der Waals surface area contributed by atoms with E-state index in [2.05, 4.69) is 93.7 Å². The molecule has 1 rings (SSSR count). The molecule has 0 saturated carbocycles. The lowest BCUT2D eigenvalue weighted by Gasteiger charge is -2.40. The minimum Gasteiger partial charge on any atom is -0.479 e. The first-order chi connectivity index (χ1) is 35.6. The highest BCUT2D eigenvalue weighted by Gasteiger charge is 2.50. The van der Waals surface area contributed by atoms with Crippen LogP contribution >= 0.6 is 0 Å². The molecule has 1 heterocycles. The van der Waals surface area contributed by atoms with E-state index in [1.165, 1.54) is 64.2 Å². The maximum Gasteiger partial charge on any atom is 0.335 e. The molecule has 0 aromatic carbocycles. The molecule has 0 aliphatic carbocycles. The summed E-state index contributed by atoms with van der Waals surface area (Å²) in [5, 5.41) is 31.4. The molecule has 12 nitrogen and oxygen atoms in total. The van der Waals surface area contributed by atoms with Crippen molar-refractivity contribution in [2.75, 3.05) is 13.2 Å². The highest BCUT2D eigenvalue weighted by atomic mass is 16.7. The van der Waals surface area contributed by atoms with Crippen molar-refractivity contribution in [2.24, 2.45) is 0 Å². The van der Waals surface area contributed by atoms with E-state index < -0.39 is 67.3 Å². The van der Waals surface area contributed by atoms with E-state index in [4.69, 9.17) is 23.7 Å². The molecule has 6 atom stereocenters. The smallest absolute Gasteiger partial charge is 0.335 e. The second-order valence-electron chi connectivity index (χ2n) is 19.5. The Bertz CT molecular complexity index is 1550. The number of unbranched alkanes of at least 4 members (excludes halogenated alkanes) is 22. The van der Waals surface area contributed by atoms with Crippen LogP contribution in [-0.4, -0.2) is 89.2 Å². The second kappa shape index (κ2) is 49.1. The van der Waals surface area contributed by atoms with Crippen molar-refractivity contribution in [3.05, 3.63) is 72.9 Å². The van der Waals surface area contributed by atoms with Crippen LogP contribution in [0.25, 0.3) is 0 Å². The van der Waals surface area contributed by atoms with E-state index in [-0.39, 0.29) is 25.9 Å². The Balaban J connectivity index is 2.71. The number of carboxylic acids is 1. The Labute approximate surface area is 442 Å². The number of ether oxygens (including phenoxy) is 5. The average Bonchev–Trinajstić information content (AvgIpc) is 3.37. The first-order valence-electron chi connectivity index (χ1n) is 28.9. The van der Waals surface area contributed by atoms with E-state index in [9.17, 15) is 34.5 Å². The summed E-state index contributed by atoms with van der Waals surface area (Å²) in [4.78, 5) is 51.0. The molecule has 0 amide bonds. The fraction of sp³-hybridized carbons (Fsp3) is 0.738. The van der Waals surface area contributed by atoms with Crippen LogP contribution in [0.5, 0.6) is 0 Å². The van der Waals surface area contributed by atoms with Gasteiger partial charge >= 0.3 is 23.9 Å². The van der Waals surface area contributed by atoms with Crippen LogP contribution in [0, 0.1) is 0 Å². The quantitative estimate of drug-likeness (QED) is 0.0228. The van der Waals surface area contributed by atoms with Crippen molar-refractivity contribution in [1.82, 2.24) is 0 Å². The third kappa shape index (κ3) is 39.3. The predicted octanol–water partition coefficient (Wildman–Crippen LogP) is 14.6. The van der Waals surface area contributed by atoms with Crippen molar-refractivity contribution in [3.8, 4) is 0 Å². The number of carbonyl (C=O) groups excluding carboxylic acids is 3. The van der Waals surface area contributed by atoms with E-state index >= 15 is 0 Å². The zero-order chi connectivity index (χ0) is 53.3. The molecule has 0 aromatic heterocycles. The molecule has 0 bridgehead atoms. The molecule has 12 heteroatoms. The van der Waals surface area contributed by atoms with Gasteiger partial charge in [-0.25, -0.2) is 4.79 Å². The van der Waals surface area contributed by atoms with Gasteiger partial charge in [0, 0.05) is 19.3 Å². The van der Waals surface area contributed by atoms with Gasteiger partial charge in [-0.3, -0.25) is 14.4 Å². The van der Waals surface area contributed by atoms with Crippen LogP contribution in [0.1, 0.15) is 239 Å². The molecule has 1 aliphatic heterocycles. The third-order valence-corrected chi connectivity index (χ3v) is 12.8. The number of hydrogen-bond acceptors (Lipinski definition) is 11. The number of aliphatic carboxylic acids is 1. The number of esters is 3. The summed E-state index contributed by atoms with van der Waals surface area (Å²) in [5.41, 5.74) is 0. The van der Waals surface area contributed by atoms with Crippen LogP contribution < -0.4 is 0 Å². The number of rotatable bonds is 48. The van der Waals surface area contributed by atoms with Crippen LogP contribution in [0.2, 0.25) is 0 Å². The van der Waals surface area contributed by atoms with E-state index in [1.807, 2.05) is 0 Å². The molecule has 73 heavy (non-hydrogen) atoms. The maximum absolute atomic E-state index is 13.1. The fourth-order valence-corrected chi connectivity index (χ4v) is 8.40. The highest BCUT2D eigenvalue weighted by molar-refractivity contribution is 5.74. The summed E-state index contributed by atoms with van der Waals surface area (Å²) in [6.07, 6.45) is 48.8. The Morgan fingerprint density at radius 1 is 0.466 bits per heavy atom. The molecular weight excluding hydrogens is 925 g/mol. The predicted molar refractivity (Wildman–Crippen MR) is 294 cm³/mol. The largest absolute Gasteiger partial charge is 0.479 e. The van der Waals surface area contributed by atoms with Crippen molar-refractivity contribution in [1.29, 1.82) is 0 Å². The first kappa shape index (κ1) is 67.2. The zero-order valence-electron chi connectivity index (χ0n) is 45.9. The number of aliphatic hydroxyl groups excluding tert-OH is 2. The average molecular weight is 1030 g/mol. The lowest BCUT2D eigenvalue weighted by molar-refractivity contribution is -0.301. The van der Waals surface area contributed by atoms with Gasteiger partial charge in [0.25, 0.3) is 0 Å². The van der Waals surface area contributed by atoms with E-state index in [1.54, 1.807) is 0 Å². The van der Waals surface area contributed by atoms with E-state index in [0.29, 0.717) is 19.3 Å². The van der Waals surface area contributed by atoms with Crippen LogP contribution in [-0.2, 0) is 42.9 Å². The Morgan fingerprint density at radius 2 is 0.863 bits per heavy atom. The SMILES string of the molecule is CC/C=C\C/C=C\C/C=C\CCCCCCCCCC(=O)OCC(COC1OC(C(=O)O)C(O)C(O)C1OC(=O)CCCCC/C=C\C/C=C\C/C=C\CC)OC(=O)CCCCCCCCCCCCCCC. The van der Waals surface area contributed by atoms with Gasteiger partial charge in [-0.15, -0.1) is 0 Å². The Hall–Kier alpha value is -3.84. The summed E-state index contributed by atoms with van der Waals surface area (Å²) in [5.74, 6) is -3.16. The van der Waals surface area contributed by atoms with Crippen LogP contribution in [0.15, 0.2) is 72.9 Å². The molecule has 6 unspecified atom stereocenters. The van der Waals surface area contributed by atoms with Crippen molar-refractivity contribution < 1.29 is 58.2 Å². The molecule has 1 aliphatic rings. The van der Waals surface area contributed by atoms with Gasteiger partial charge in [-0.05, 0) is 83.5 Å². The Kier molecular flexibility index (Phi) is 45.1. The molecule has 0 radical (unpaired) electrons. The van der Waals surface area contributed by atoms with Gasteiger partial charge < -0.3 is 39.0 Å². The minimum atomic E-state index is -1.91. The van der Waals surface area contributed by atoms with Gasteiger partial charge in [0.05, 0.1) is 6.61 Å². The zero-order valence-corrected chi connectivity index (χ0v) is 45.9. The summed E-state index contributed by atoms with van der Waals surface area (Å²) < 4.78 is 28.4. The van der Waals surface area contributed by atoms with Gasteiger partial charge in [-0.1, -0.05) is 209 Å². The Morgan fingerprint density at radius 3 is 1.33 bits per heavy atom. The number of allylic oxidation sites excluding steroid dienone is 12. The minimum absolute atomic E-state index is 0.0236. The summed E-state index contributed by atoms with van der Waals surface area (Å²) in [7, 11) is 0.